The average molecular weight is 415 g/mol. The number of carbonyl (C=O) groups is 1. The number of carbonyl (C=O) groups excluding carboxylic acids is 1. The van der Waals surface area contributed by atoms with Gasteiger partial charge in [0, 0.05) is 18.7 Å². The number of nitrogens with one attached hydrogen (secondary N) is 1. The number of amides is 1. The van der Waals surface area contributed by atoms with Gasteiger partial charge >= 0.3 is 0 Å². The fourth-order valence-electron chi connectivity index (χ4n) is 3.66. The lowest BCUT2D eigenvalue weighted by Gasteiger charge is -2.22. The topological polar surface area (TPSA) is 66.5 Å². The molecular weight excluding hydrogens is 384 g/mol. The van der Waals surface area contributed by atoms with Crippen LogP contribution in [-0.4, -0.2) is 31.7 Å². The standard InChI is InChI=1S/C23H30N2O3S/c1-17-8-11-20(12-9-17)19(3)24-23(26)21-13-10-18(2)22(16-21)29(27,28)25-14-6-4-5-7-15-25/h8-13,16,19H,4-7,14-15H2,1-3H3,(H,24,26)/t19-/m1/s1. The number of hydrogen-bond donors (Lipinski definition) is 1. The van der Waals surface area contributed by atoms with E-state index in [1.807, 2.05) is 38.1 Å². The van der Waals surface area contributed by atoms with E-state index in [9.17, 15) is 13.2 Å². The van der Waals surface area contributed by atoms with E-state index in [1.165, 1.54) is 6.07 Å². The Labute approximate surface area is 174 Å². The lowest BCUT2D eigenvalue weighted by molar-refractivity contribution is 0.0939. The van der Waals surface area contributed by atoms with Gasteiger partial charge < -0.3 is 5.32 Å². The van der Waals surface area contributed by atoms with Crippen molar-refractivity contribution >= 4 is 15.9 Å². The first kappa shape index (κ1) is 21.5. The summed E-state index contributed by atoms with van der Waals surface area (Å²) in [6, 6.07) is 12.8. The zero-order valence-electron chi connectivity index (χ0n) is 17.4. The van der Waals surface area contributed by atoms with Gasteiger partial charge in [-0.3, -0.25) is 4.79 Å². The summed E-state index contributed by atoms with van der Waals surface area (Å²) in [6.45, 7) is 6.81. The quantitative estimate of drug-likeness (QED) is 0.790. The van der Waals surface area contributed by atoms with Crippen molar-refractivity contribution in [3.05, 3.63) is 64.7 Å². The minimum Gasteiger partial charge on any atom is -0.346 e. The largest absolute Gasteiger partial charge is 0.346 e. The van der Waals surface area contributed by atoms with Crippen molar-refractivity contribution in [3.8, 4) is 0 Å². The Kier molecular flexibility index (Phi) is 6.75. The van der Waals surface area contributed by atoms with Crippen LogP contribution in [0.2, 0.25) is 0 Å². The van der Waals surface area contributed by atoms with Gasteiger partial charge in [-0.2, -0.15) is 4.31 Å². The highest BCUT2D eigenvalue weighted by molar-refractivity contribution is 7.89. The van der Waals surface area contributed by atoms with Gasteiger partial charge in [-0.1, -0.05) is 48.7 Å². The molecule has 0 aliphatic carbocycles. The van der Waals surface area contributed by atoms with Gasteiger partial charge in [0.25, 0.3) is 5.91 Å². The van der Waals surface area contributed by atoms with E-state index < -0.39 is 10.0 Å². The summed E-state index contributed by atoms with van der Waals surface area (Å²) in [5, 5.41) is 2.97. The highest BCUT2D eigenvalue weighted by Gasteiger charge is 2.27. The second kappa shape index (κ2) is 9.09. The minimum atomic E-state index is -3.60. The highest BCUT2D eigenvalue weighted by Crippen LogP contribution is 2.24. The molecule has 3 rings (SSSR count). The van der Waals surface area contributed by atoms with Crippen LogP contribution in [0.15, 0.2) is 47.4 Å². The monoisotopic (exact) mass is 414 g/mol. The Bertz CT molecular complexity index is 960. The van der Waals surface area contributed by atoms with Crippen molar-refractivity contribution in [2.45, 2.75) is 57.4 Å². The molecule has 0 saturated carbocycles. The van der Waals surface area contributed by atoms with E-state index in [0.717, 1.165) is 36.8 Å². The van der Waals surface area contributed by atoms with Crippen LogP contribution in [-0.2, 0) is 10.0 Å². The third-order valence-corrected chi connectivity index (χ3v) is 7.60. The first-order chi connectivity index (χ1) is 13.8. The molecule has 156 valence electrons. The van der Waals surface area contributed by atoms with Gasteiger partial charge in [-0.15, -0.1) is 0 Å². The van der Waals surface area contributed by atoms with Crippen molar-refractivity contribution in [1.29, 1.82) is 0 Å². The first-order valence-corrected chi connectivity index (χ1v) is 11.7. The number of aryl methyl sites for hydroxylation is 2. The summed E-state index contributed by atoms with van der Waals surface area (Å²) < 4.78 is 28.0. The molecule has 0 bridgehead atoms. The molecule has 0 aromatic heterocycles. The third-order valence-electron chi connectivity index (χ3n) is 5.56. The summed E-state index contributed by atoms with van der Waals surface area (Å²) in [5.41, 5.74) is 3.20. The Morgan fingerprint density at radius 2 is 1.59 bits per heavy atom. The smallest absolute Gasteiger partial charge is 0.251 e. The van der Waals surface area contributed by atoms with Gasteiger partial charge in [0.05, 0.1) is 10.9 Å². The van der Waals surface area contributed by atoms with E-state index in [-0.39, 0.29) is 16.8 Å². The molecular formula is C23H30N2O3S. The Morgan fingerprint density at radius 3 is 2.21 bits per heavy atom. The van der Waals surface area contributed by atoms with Crippen LogP contribution < -0.4 is 5.32 Å². The molecule has 1 atom stereocenters. The van der Waals surface area contributed by atoms with Crippen molar-refractivity contribution in [1.82, 2.24) is 9.62 Å². The van der Waals surface area contributed by atoms with E-state index in [2.05, 4.69) is 5.32 Å². The highest BCUT2D eigenvalue weighted by atomic mass is 32.2. The van der Waals surface area contributed by atoms with E-state index >= 15 is 0 Å². The Hall–Kier alpha value is -2.18. The third kappa shape index (κ3) is 5.06. The fraction of sp³-hybridized carbons (Fsp3) is 0.435. The molecule has 1 saturated heterocycles. The van der Waals surface area contributed by atoms with Gasteiger partial charge in [0.2, 0.25) is 10.0 Å². The van der Waals surface area contributed by atoms with Crippen molar-refractivity contribution < 1.29 is 13.2 Å². The molecule has 0 radical (unpaired) electrons. The van der Waals surface area contributed by atoms with Gasteiger partial charge in [-0.05, 0) is 56.9 Å². The molecule has 29 heavy (non-hydrogen) atoms. The second-order valence-electron chi connectivity index (χ2n) is 7.90. The van der Waals surface area contributed by atoms with Crippen molar-refractivity contribution in [2.24, 2.45) is 0 Å². The number of rotatable bonds is 5. The second-order valence-corrected chi connectivity index (χ2v) is 9.81. The van der Waals surface area contributed by atoms with Crippen molar-refractivity contribution in [3.63, 3.8) is 0 Å². The normalized spacial score (nSPS) is 16.8. The number of hydrogen-bond acceptors (Lipinski definition) is 3. The van der Waals surface area contributed by atoms with E-state index in [0.29, 0.717) is 24.2 Å². The molecule has 1 aliphatic heterocycles. The summed E-state index contributed by atoms with van der Waals surface area (Å²) in [5.74, 6) is -0.273. The predicted octanol–water partition coefficient (Wildman–Crippen LogP) is 4.36. The van der Waals surface area contributed by atoms with Gasteiger partial charge in [0.1, 0.15) is 0 Å². The summed E-state index contributed by atoms with van der Waals surface area (Å²) >= 11 is 0. The average Bonchev–Trinajstić information content (AvgIpc) is 2.98. The van der Waals surface area contributed by atoms with Crippen LogP contribution >= 0.6 is 0 Å². The molecule has 6 heteroatoms. The molecule has 1 fully saturated rings. The number of sulfonamides is 1. The van der Waals surface area contributed by atoms with Gasteiger partial charge in [-0.25, -0.2) is 8.42 Å². The minimum absolute atomic E-state index is 0.171. The predicted molar refractivity (Wildman–Crippen MR) is 115 cm³/mol. The molecule has 2 aromatic rings. The van der Waals surface area contributed by atoms with Crippen LogP contribution in [0, 0.1) is 13.8 Å². The van der Waals surface area contributed by atoms with Gasteiger partial charge in [0.15, 0.2) is 0 Å². The zero-order chi connectivity index (χ0) is 21.0. The zero-order valence-corrected chi connectivity index (χ0v) is 18.3. The molecule has 0 spiro atoms. The van der Waals surface area contributed by atoms with Crippen LogP contribution in [0.3, 0.4) is 0 Å². The molecule has 1 amide bonds. The van der Waals surface area contributed by atoms with Crippen molar-refractivity contribution in [2.75, 3.05) is 13.1 Å². The molecule has 1 heterocycles. The SMILES string of the molecule is Cc1ccc([C@@H](C)NC(=O)c2ccc(C)c(S(=O)(=O)N3CCCCCC3)c2)cc1. The number of nitrogens with zero attached hydrogens (tertiary/aromatic N) is 1. The van der Waals surface area contributed by atoms with E-state index in [1.54, 1.807) is 23.4 Å². The Balaban J connectivity index is 1.82. The number of benzene rings is 2. The maximum Gasteiger partial charge on any atom is 0.251 e. The lowest BCUT2D eigenvalue weighted by atomic mass is 10.1. The maximum atomic E-state index is 13.2. The molecule has 1 aliphatic rings. The lowest BCUT2D eigenvalue weighted by Crippen LogP contribution is -2.33. The Morgan fingerprint density at radius 1 is 0.966 bits per heavy atom. The van der Waals surface area contributed by atoms with E-state index in [4.69, 9.17) is 0 Å². The summed E-state index contributed by atoms with van der Waals surface area (Å²) in [4.78, 5) is 13.0. The van der Waals surface area contributed by atoms with Crippen LogP contribution in [0.25, 0.3) is 0 Å². The summed E-state index contributed by atoms with van der Waals surface area (Å²) in [7, 11) is -3.60. The summed E-state index contributed by atoms with van der Waals surface area (Å²) in [6.07, 6.45) is 3.88. The maximum absolute atomic E-state index is 13.2. The molecule has 2 aromatic carbocycles. The fourth-order valence-corrected chi connectivity index (χ4v) is 5.43. The first-order valence-electron chi connectivity index (χ1n) is 10.3. The molecule has 1 N–H and O–H groups in total. The molecule has 5 nitrogen and oxygen atoms in total. The van der Waals surface area contributed by atoms with Crippen LogP contribution in [0.5, 0.6) is 0 Å². The van der Waals surface area contributed by atoms with Crippen LogP contribution in [0.4, 0.5) is 0 Å². The van der Waals surface area contributed by atoms with Crippen LogP contribution in [0.1, 0.15) is 65.7 Å². The molecule has 0 unspecified atom stereocenters.